The summed E-state index contributed by atoms with van der Waals surface area (Å²) in [6.45, 7) is 5.41. The molecule has 35 heavy (non-hydrogen) atoms. The Hall–Kier alpha value is -2.85. The Balaban J connectivity index is 0.00000140. The number of hydrogen-bond acceptors (Lipinski definition) is 5. The summed E-state index contributed by atoms with van der Waals surface area (Å²) < 4.78 is 0. The van der Waals surface area contributed by atoms with E-state index in [4.69, 9.17) is 0 Å². The molecule has 0 bridgehead atoms. The third-order valence-corrected chi connectivity index (χ3v) is 6.36. The number of benzene rings is 3. The zero-order valence-corrected chi connectivity index (χ0v) is 20.6. The van der Waals surface area contributed by atoms with E-state index < -0.39 is 17.3 Å². The maximum atomic E-state index is 13.3. The van der Waals surface area contributed by atoms with Gasteiger partial charge in [0.05, 0.1) is 11.5 Å². The van der Waals surface area contributed by atoms with Gasteiger partial charge in [0.15, 0.2) is 0 Å². The van der Waals surface area contributed by atoms with E-state index in [1.165, 1.54) is 4.90 Å². The van der Waals surface area contributed by atoms with Gasteiger partial charge in [-0.1, -0.05) is 60.0 Å². The second-order valence-corrected chi connectivity index (χ2v) is 8.35. The summed E-state index contributed by atoms with van der Waals surface area (Å²) in [5.74, 6) is -1.28. The summed E-state index contributed by atoms with van der Waals surface area (Å²) in [7, 11) is 0. The number of hydrogen-bond donors (Lipinski definition) is 1. The van der Waals surface area contributed by atoms with Gasteiger partial charge < -0.3 is 26.7 Å². The van der Waals surface area contributed by atoms with Crippen LogP contribution >= 0.6 is 11.8 Å². The largest absolute Gasteiger partial charge is 1.00 e. The molecular formula is C27H25LiN2O4S-2. The maximum absolute atomic E-state index is 13.3. The van der Waals surface area contributed by atoms with Gasteiger partial charge in [-0.05, 0) is 23.8 Å². The molecule has 1 unspecified atom stereocenters. The van der Waals surface area contributed by atoms with E-state index in [9.17, 15) is 19.5 Å². The minimum atomic E-state index is -0.993. The standard InChI is InChI=1S/C25H20N2O4S.C2H5.Li/c28-15-20-13-18-9-4-5-10-19(18)14-21(20)26-16-32-23(17-7-2-1-3-8-17)24(29)27-12-6-11-22(27)25(30)31;1-2;/h1-5,7-10,13-14,22-23H,6,11-12H2,(H,30,31);1H2,2H3;/q-2;-1;+1/t22-,23?;;/m1../s1. The number of amides is 1. The van der Waals surface area contributed by atoms with Crippen molar-refractivity contribution in [3.8, 4) is 0 Å². The first kappa shape index (κ1) is 28.4. The molecule has 0 radical (unpaired) electrons. The van der Waals surface area contributed by atoms with Gasteiger partial charge >= 0.3 is 24.8 Å². The molecule has 0 aromatic heterocycles. The first-order valence-corrected chi connectivity index (χ1v) is 11.8. The van der Waals surface area contributed by atoms with Crippen molar-refractivity contribution >= 4 is 51.9 Å². The molecule has 8 heteroatoms. The van der Waals surface area contributed by atoms with Crippen LogP contribution in [0.3, 0.4) is 0 Å². The summed E-state index contributed by atoms with van der Waals surface area (Å²) in [5, 5.41) is 10.6. The molecule has 0 aliphatic carbocycles. The molecule has 4 rings (SSSR count). The topological polar surface area (TPSA) is 87.0 Å². The van der Waals surface area contributed by atoms with Gasteiger partial charge in [0.1, 0.15) is 6.04 Å². The van der Waals surface area contributed by atoms with Crippen LogP contribution in [0.25, 0.3) is 10.8 Å². The zero-order chi connectivity index (χ0) is 24.5. The van der Waals surface area contributed by atoms with E-state index >= 15 is 0 Å². The molecule has 1 saturated heterocycles. The van der Waals surface area contributed by atoms with Crippen molar-refractivity contribution in [2.45, 2.75) is 31.1 Å². The van der Waals surface area contributed by atoms with Crippen LogP contribution in [0.15, 0.2) is 71.7 Å². The van der Waals surface area contributed by atoms with E-state index in [0.29, 0.717) is 30.6 Å². The minimum Gasteiger partial charge on any atom is -0.480 e. The molecule has 2 atom stereocenters. The van der Waals surface area contributed by atoms with Crippen molar-refractivity contribution < 1.29 is 38.4 Å². The van der Waals surface area contributed by atoms with Crippen LogP contribution < -0.4 is 18.9 Å². The molecular weight excluding hydrogens is 455 g/mol. The Kier molecular flexibility index (Phi) is 11.3. The second-order valence-electron chi connectivity index (χ2n) is 7.46. The van der Waals surface area contributed by atoms with Crippen LogP contribution in [-0.2, 0) is 14.4 Å². The quantitative estimate of drug-likeness (QED) is 0.243. The fourth-order valence-electron chi connectivity index (χ4n) is 3.86. The summed E-state index contributed by atoms with van der Waals surface area (Å²) in [4.78, 5) is 42.1. The van der Waals surface area contributed by atoms with Gasteiger partial charge in [0, 0.05) is 6.54 Å². The van der Waals surface area contributed by atoms with E-state index in [1.54, 1.807) is 19.1 Å². The molecule has 0 saturated carbocycles. The number of aliphatic carboxylic acids is 1. The number of rotatable bonds is 7. The smallest absolute Gasteiger partial charge is 0.480 e. The number of nitrogens with zero attached hydrogens (tertiary/aromatic N) is 2. The molecule has 0 spiro atoms. The van der Waals surface area contributed by atoms with Crippen LogP contribution in [0.2, 0.25) is 0 Å². The fourth-order valence-corrected chi connectivity index (χ4v) is 4.64. The average Bonchev–Trinajstić information content (AvgIpc) is 3.38. The number of thioether (sulfide) groups is 1. The van der Waals surface area contributed by atoms with Gasteiger partial charge in [0.2, 0.25) is 5.91 Å². The number of carboxylic acids is 1. The number of carbonyl (C=O) groups excluding carboxylic acids is 2. The average molecular weight is 481 g/mol. The van der Waals surface area contributed by atoms with E-state index in [-0.39, 0.29) is 24.8 Å². The van der Waals surface area contributed by atoms with Gasteiger partial charge in [0.25, 0.3) is 0 Å². The normalized spacial score (nSPS) is 15.7. The molecule has 1 fully saturated rings. The number of carboxylic acid groups (broad SMARTS) is 1. The van der Waals surface area contributed by atoms with Gasteiger partial charge in [-0.3, -0.25) is 4.79 Å². The predicted octanol–water partition coefficient (Wildman–Crippen LogP) is 2.23. The first-order chi connectivity index (χ1) is 16.6. The van der Waals surface area contributed by atoms with Crippen LogP contribution in [-0.4, -0.2) is 46.3 Å². The fraction of sp³-hybridized carbons (Fsp3) is 0.222. The van der Waals surface area contributed by atoms with E-state index in [1.807, 2.05) is 60.9 Å². The van der Waals surface area contributed by atoms with Crippen molar-refractivity contribution in [1.82, 2.24) is 4.90 Å². The number of aliphatic imine (C=N–C) groups is 1. The molecule has 1 aliphatic rings. The summed E-state index contributed by atoms with van der Waals surface area (Å²) in [6, 6.07) is 19.5. The SMILES string of the molecule is O=[C-]c1cc2ccccc2cc1N=[C-]SC(C(=O)N1CCC[C@@H]1C(=O)O)c1ccccc1.[CH2-]C.[Li+]. The monoisotopic (exact) mass is 480 g/mol. The molecule has 3 aromatic carbocycles. The van der Waals surface area contributed by atoms with Gasteiger partial charge in [-0.2, -0.15) is 18.6 Å². The summed E-state index contributed by atoms with van der Waals surface area (Å²) >= 11 is 1.07. The Bertz CT molecular complexity index is 1190. The third-order valence-electron chi connectivity index (χ3n) is 5.46. The second kappa shape index (κ2) is 13.9. The molecule has 1 amide bonds. The summed E-state index contributed by atoms with van der Waals surface area (Å²) in [5.41, 5.74) is 4.32. The number of carbonyl (C=O) groups is 2. The minimum absolute atomic E-state index is 0. The Labute approximate surface area is 222 Å². The Morgan fingerprint density at radius 3 is 2.34 bits per heavy atom. The Morgan fingerprint density at radius 2 is 1.71 bits per heavy atom. The van der Waals surface area contributed by atoms with Crippen LogP contribution in [0.5, 0.6) is 0 Å². The first-order valence-electron chi connectivity index (χ1n) is 10.9. The molecule has 176 valence electrons. The number of fused-ring (bicyclic) bond motifs is 1. The van der Waals surface area contributed by atoms with Crippen LogP contribution in [0.1, 0.15) is 36.1 Å². The van der Waals surface area contributed by atoms with Crippen molar-refractivity contribution in [3.05, 3.63) is 84.8 Å². The molecule has 3 aromatic rings. The molecule has 6 nitrogen and oxygen atoms in total. The van der Waals surface area contributed by atoms with Gasteiger partial charge in [-0.15, -0.1) is 17.3 Å². The molecule has 1 N–H and O–H groups in total. The van der Waals surface area contributed by atoms with Gasteiger partial charge in [-0.25, -0.2) is 16.6 Å². The third kappa shape index (κ3) is 6.85. The predicted molar refractivity (Wildman–Crippen MR) is 136 cm³/mol. The van der Waals surface area contributed by atoms with Crippen LogP contribution in [0.4, 0.5) is 5.69 Å². The van der Waals surface area contributed by atoms with Crippen LogP contribution in [0, 0.1) is 6.92 Å². The molecule has 1 heterocycles. The zero-order valence-electron chi connectivity index (χ0n) is 19.8. The Morgan fingerprint density at radius 1 is 1.09 bits per heavy atom. The van der Waals surface area contributed by atoms with E-state index in [2.05, 4.69) is 17.5 Å². The maximum Gasteiger partial charge on any atom is 1.00 e. The van der Waals surface area contributed by atoms with Crippen molar-refractivity contribution in [2.24, 2.45) is 4.99 Å². The van der Waals surface area contributed by atoms with Crippen molar-refractivity contribution in [3.63, 3.8) is 0 Å². The van der Waals surface area contributed by atoms with E-state index in [0.717, 1.165) is 28.1 Å². The number of likely N-dealkylation sites (tertiary alicyclic amines) is 1. The van der Waals surface area contributed by atoms with Crippen molar-refractivity contribution in [2.75, 3.05) is 6.54 Å². The molecule has 1 aliphatic heterocycles. The summed E-state index contributed by atoms with van der Waals surface area (Å²) in [6.07, 6.45) is 3.01. The van der Waals surface area contributed by atoms with Crippen molar-refractivity contribution in [1.29, 1.82) is 0 Å².